The van der Waals surface area contributed by atoms with Gasteiger partial charge in [0.15, 0.2) is 11.6 Å². The van der Waals surface area contributed by atoms with Crippen LogP contribution in [0.4, 0.5) is 4.79 Å². The molecule has 0 radical (unpaired) electrons. The van der Waals surface area contributed by atoms with Crippen molar-refractivity contribution in [3.05, 3.63) is 83.7 Å². The minimum Gasteiger partial charge on any atom is -0.444 e. The molecule has 208 valence electrons. The van der Waals surface area contributed by atoms with Gasteiger partial charge in [0.05, 0.1) is 5.56 Å². The molecule has 0 spiro atoms. The number of amides is 2. The smallest absolute Gasteiger partial charge is 0.410 e. The molecule has 1 aliphatic carbocycles. The van der Waals surface area contributed by atoms with E-state index in [1.807, 2.05) is 68.1 Å². The molecule has 1 saturated heterocycles. The normalized spacial score (nSPS) is 15.9. The lowest BCUT2D eigenvalue weighted by Gasteiger charge is -2.39. The molecule has 2 amide bonds. The zero-order valence-electron chi connectivity index (χ0n) is 23.4. The van der Waals surface area contributed by atoms with Crippen LogP contribution in [0, 0.1) is 0 Å². The van der Waals surface area contributed by atoms with Crippen molar-refractivity contribution in [2.45, 2.75) is 70.6 Å². The number of rotatable bonds is 7. The van der Waals surface area contributed by atoms with Crippen molar-refractivity contribution < 1.29 is 19.1 Å². The van der Waals surface area contributed by atoms with Crippen LogP contribution in [-0.4, -0.2) is 68.3 Å². The van der Waals surface area contributed by atoms with Gasteiger partial charge in [0, 0.05) is 55.1 Å². The first-order valence-corrected chi connectivity index (χ1v) is 14.0. The zero-order valence-corrected chi connectivity index (χ0v) is 23.4. The van der Waals surface area contributed by atoms with Gasteiger partial charge in [0.2, 0.25) is 0 Å². The maximum Gasteiger partial charge on any atom is 0.410 e. The Labute approximate surface area is 235 Å². The molecule has 1 saturated carbocycles. The highest BCUT2D eigenvalue weighted by Gasteiger charge is 2.40. The summed E-state index contributed by atoms with van der Waals surface area (Å²) in [6, 6.07) is 17.2. The van der Waals surface area contributed by atoms with Crippen molar-refractivity contribution in [1.82, 2.24) is 19.8 Å². The van der Waals surface area contributed by atoms with E-state index in [1.165, 1.54) is 0 Å². The molecule has 40 heavy (non-hydrogen) atoms. The average Bonchev–Trinajstić information content (AvgIpc) is 3.78. The van der Waals surface area contributed by atoms with Crippen LogP contribution < -0.4 is 0 Å². The largest absolute Gasteiger partial charge is 0.444 e. The Kier molecular flexibility index (Phi) is 7.96. The van der Waals surface area contributed by atoms with Crippen LogP contribution in [-0.2, 0) is 11.2 Å². The van der Waals surface area contributed by atoms with E-state index in [-0.39, 0.29) is 29.9 Å². The van der Waals surface area contributed by atoms with Gasteiger partial charge in [-0.2, -0.15) is 0 Å². The van der Waals surface area contributed by atoms with E-state index >= 15 is 0 Å². The molecule has 0 N–H and O–H groups in total. The first kappa shape index (κ1) is 27.5. The van der Waals surface area contributed by atoms with E-state index in [4.69, 9.17) is 4.74 Å². The average molecular weight is 541 g/mol. The van der Waals surface area contributed by atoms with E-state index < -0.39 is 5.60 Å². The third kappa shape index (κ3) is 6.73. The number of ketones is 1. The highest BCUT2D eigenvalue weighted by molar-refractivity contribution is 5.98. The number of hydrogen-bond donors (Lipinski definition) is 0. The van der Waals surface area contributed by atoms with Gasteiger partial charge in [-0.3, -0.25) is 9.59 Å². The number of Topliss-reactive ketones (excluding diaryl/α,β-unsaturated/α-hetero) is 1. The molecule has 3 aromatic rings. The Hall–Kier alpha value is -4.07. The Morgan fingerprint density at radius 2 is 1.45 bits per heavy atom. The fourth-order valence-electron chi connectivity index (χ4n) is 5.06. The lowest BCUT2D eigenvalue weighted by Crippen LogP contribution is -2.50. The van der Waals surface area contributed by atoms with E-state index in [1.54, 1.807) is 29.4 Å². The Balaban J connectivity index is 1.21. The molecule has 8 nitrogen and oxygen atoms in total. The summed E-state index contributed by atoms with van der Waals surface area (Å²) < 4.78 is 5.51. The molecule has 1 aromatic heterocycles. The summed E-state index contributed by atoms with van der Waals surface area (Å²) >= 11 is 0. The summed E-state index contributed by atoms with van der Waals surface area (Å²) in [6.45, 7) is 6.72. The fourth-order valence-corrected chi connectivity index (χ4v) is 5.06. The van der Waals surface area contributed by atoms with Crippen LogP contribution in [0.25, 0.3) is 11.4 Å². The van der Waals surface area contributed by atoms with E-state index in [0.29, 0.717) is 36.5 Å². The van der Waals surface area contributed by atoms with Crippen LogP contribution in [0.1, 0.15) is 72.7 Å². The summed E-state index contributed by atoms with van der Waals surface area (Å²) in [5.74, 6) is 0.491. The highest BCUT2D eigenvalue weighted by Crippen LogP contribution is 2.33. The molecule has 0 unspecified atom stereocenters. The lowest BCUT2D eigenvalue weighted by molar-refractivity contribution is 0.0142. The first-order valence-electron chi connectivity index (χ1n) is 14.0. The number of piperidine rings is 1. The number of hydrogen-bond acceptors (Lipinski definition) is 6. The van der Waals surface area contributed by atoms with E-state index in [0.717, 1.165) is 36.8 Å². The van der Waals surface area contributed by atoms with Gasteiger partial charge >= 0.3 is 6.09 Å². The van der Waals surface area contributed by atoms with Crippen LogP contribution in [0.2, 0.25) is 0 Å². The van der Waals surface area contributed by atoms with Crippen LogP contribution in [0.5, 0.6) is 0 Å². The van der Waals surface area contributed by atoms with Gasteiger partial charge in [-0.25, -0.2) is 14.8 Å². The molecular formula is C32H36N4O4. The van der Waals surface area contributed by atoms with Crippen molar-refractivity contribution in [3.8, 4) is 11.4 Å². The van der Waals surface area contributed by atoms with Crippen LogP contribution in [0.3, 0.4) is 0 Å². The van der Waals surface area contributed by atoms with Crippen molar-refractivity contribution in [2.75, 3.05) is 13.1 Å². The quantitative estimate of drug-likeness (QED) is 0.364. The minimum absolute atomic E-state index is 0.0525. The second-order valence-corrected chi connectivity index (χ2v) is 11.6. The second-order valence-electron chi connectivity index (χ2n) is 11.6. The number of nitrogens with zero attached hydrogens (tertiary/aromatic N) is 4. The van der Waals surface area contributed by atoms with Crippen molar-refractivity contribution in [1.29, 1.82) is 0 Å². The molecule has 2 heterocycles. The highest BCUT2D eigenvalue weighted by atomic mass is 16.6. The van der Waals surface area contributed by atoms with Gasteiger partial charge in [-0.05, 0) is 52.0 Å². The summed E-state index contributed by atoms with van der Waals surface area (Å²) in [5.41, 5.74) is 2.33. The lowest BCUT2D eigenvalue weighted by atomic mass is 10.0. The Morgan fingerprint density at radius 3 is 2.02 bits per heavy atom. The van der Waals surface area contributed by atoms with Crippen molar-refractivity contribution >= 4 is 17.8 Å². The number of benzene rings is 2. The number of aromatic nitrogens is 2. The molecule has 0 atom stereocenters. The maximum atomic E-state index is 13.5. The maximum absolute atomic E-state index is 13.5. The van der Waals surface area contributed by atoms with Gasteiger partial charge in [-0.1, -0.05) is 54.6 Å². The zero-order chi connectivity index (χ0) is 28.3. The summed E-state index contributed by atoms with van der Waals surface area (Å²) in [6.07, 6.45) is 6.65. The molecular weight excluding hydrogens is 504 g/mol. The molecule has 2 fully saturated rings. The topological polar surface area (TPSA) is 92.7 Å². The van der Waals surface area contributed by atoms with Gasteiger partial charge in [-0.15, -0.1) is 0 Å². The molecule has 8 heteroatoms. The molecule has 5 rings (SSSR count). The molecule has 0 bridgehead atoms. The van der Waals surface area contributed by atoms with Crippen LogP contribution in [0.15, 0.2) is 67.0 Å². The Bertz CT molecular complexity index is 1340. The third-order valence-corrected chi connectivity index (χ3v) is 7.26. The first-order chi connectivity index (χ1) is 19.2. The molecule has 2 aromatic carbocycles. The van der Waals surface area contributed by atoms with Gasteiger partial charge < -0.3 is 14.5 Å². The van der Waals surface area contributed by atoms with Gasteiger partial charge in [0.25, 0.3) is 5.91 Å². The van der Waals surface area contributed by atoms with Crippen LogP contribution >= 0.6 is 0 Å². The predicted molar refractivity (Wildman–Crippen MR) is 152 cm³/mol. The monoisotopic (exact) mass is 540 g/mol. The minimum atomic E-state index is -0.530. The Morgan fingerprint density at radius 1 is 0.850 bits per heavy atom. The number of carbonyl (C=O) groups is 3. The number of ether oxygens (including phenoxy) is 1. The summed E-state index contributed by atoms with van der Waals surface area (Å²) in [5, 5.41) is 0. The fraction of sp³-hybridized carbons (Fsp3) is 0.406. The molecule has 1 aliphatic heterocycles. The number of carbonyl (C=O) groups excluding carboxylic acids is 3. The summed E-state index contributed by atoms with van der Waals surface area (Å²) in [4.78, 5) is 51.3. The second kappa shape index (κ2) is 11.6. The standard InChI is InChI=1S/C32H36N4O4/c1-32(2,3)40-31(39)35-17-15-27(16-18-35)36(26-13-14-26)30(38)25-20-33-29(34-21-25)24-11-9-23(10-12-24)28(37)19-22-7-5-4-6-8-22/h4-12,20-21,26-27H,13-19H2,1-3H3. The van der Waals surface area contributed by atoms with Crippen molar-refractivity contribution in [2.24, 2.45) is 0 Å². The number of likely N-dealkylation sites (tertiary alicyclic amines) is 1. The van der Waals surface area contributed by atoms with Gasteiger partial charge in [0.1, 0.15) is 5.60 Å². The summed E-state index contributed by atoms with van der Waals surface area (Å²) in [7, 11) is 0. The van der Waals surface area contributed by atoms with E-state index in [9.17, 15) is 14.4 Å². The van der Waals surface area contributed by atoms with E-state index in [2.05, 4.69) is 9.97 Å². The molecule has 2 aliphatic rings. The predicted octanol–water partition coefficient (Wildman–Crippen LogP) is 5.57. The SMILES string of the molecule is CC(C)(C)OC(=O)N1CCC(N(C(=O)c2cnc(-c3ccc(C(=O)Cc4ccccc4)cc3)nc2)C2CC2)CC1. The third-order valence-electron chi connectivity index (χ3n) is 7.26. The van der Waals surface area contributed by atoms with Crippen molar-refractivity contribution in [3.63, 3.8) is 0 Å².